The van der Waals surface area contributed by atoms with E-state index >= 15 is 0 Å². The summed E-state index contributed by atoms with van der Waals surface area (Å²) in [5.41, 5.74) is 5.05. The first-order valence-electron chi connectivity index (χ1n) is 5.11. The molecule has 0 saturated heterocycles. The Bertz CT molecular complexity index is 582. The molecule has 0 N–H and O–H groups in total. The van der Waals surface area contributed by atoms with Crippen LogP contribution in [0.3, 0.4) is 0 Å². The molecule has 0 fully saturated rings. The third kappa shape index (κ3) is 1.31. The van der Waals surface area contributed by atoms with Gasteiger partial charge in [0.25, 0.3) is 0 Å². The summed E-state index contributed by atoms with van der Waals surface area (Å²) in [7, 11) is 0. The second-order valence-electron chi connectivity index (χ2n) is 4.02. The minimum atomic E-state index is -0.233. The molecule has 0 atom stereocenters. The smallest absolute Gasteiger partial charge is 0.138 e. The maximum atomic E-state index is 13.5. The van der Waals surface area contributed by atoms with Crippen molar-refractivity contribution in [1.29, 1.82) is 0 Å². The van der Waals surface area contributed by atoms with Gasteiger partial charge < -0.3 is 0 Å². The number of halogens is 2. The van der Waals surface area contributed by atoms with Gasteiger partial charge in [0.05, 0.1) is 15.9 Å². The van der Waals surface area contributed by atoms with Crippen molar-refractivity contribution in [3.63, 3.8) is 0 Å². The van der Waals surface area contributed by atoms with E-state index in [-0.39, 0.29) is 5.82 Å². The molecular formula is C13H9BrFN. The molecule has 0 radical (unpaired) electrons. The minimum absolute atomic E-state index is 0.233. The molecule has 2 aliphatic rings. The summed E-state index contributed by atoms with van der Waals surface area (Å²) in [6.07, 6.45) is 5.04. The third-order valence-electron chi connectivity index (χ3n) is 2.90. The van der Waals surface area contributed by atoms with Gasteiger partial charge in [0.15, 0.2) is 0 Å². The topological polar surface area (TPSA) is 12.4 Å². The Labute approximate surface area is 102 Å². The van der Waals surface area contributed by atoms with Crippen LogP contribution in [0.2, 0.25) is 0 Å². The fourth-order valence-corrected chi connectivity index (χ4v) is 2.64. The van der Waals surface area contributed by atoms with Gasteiger partial charge >= 0.3 is 0 Å². The van der Waals surface area contributed by atoms with Crippen LogP contribution in [-0.2, 0) is 0 Å². The van der Waals surface area contributed by atoms with Gasteiger partial charge in [-0.05, 0) is 41.1 Å². The van der Waals surface area contributed by atoms with Crippen molar-refractivity contribution in [2.45, 2.75) is 13.3 Å². The zero-order valence-electron chi connectivity index (χ0n) is 8.72. The third-order valence-corrected chi connectivity index (χ3v) is 3.67. The summed E-state index contributed by atoms with van der Waals surface area (Å²) in [4.78, 5) is 4.52. The molecule has 16 heavy (non-hydrogen) atoms. The van der Waals surface area contributed by atoms with E-state index in [2.05, 4.69) is 40.0 Å². The van der Waals surface area contributed by atoms with E-state index in [9.17, 15) is 4.39 Å². The number of hydrogen-bond donors (Lipinski definition) is 0. The van der Waals surface area contributed by atoms with E-state index in [0.717, 1.165) is 29.0 Å². The normalized spacial score (nSPS) is 17.3. The van der Waals surface area contributed by atoms with E-state index in [4.69, 9.17) is 0 Å². The van der Waals surface area contributed by atoms with E-state index < -0.39 is 0 Å². The number of fused-ring (bicyclic) bond motifs is 3. The van der Waals surface area contributed by atoms with Crippen LogP contribution in [0.5, 0.6) is 0 Å². The monoisotopic (exact) mass is 277 g/mol. The van der Waals surface area contributed by atoms with Crippen LogP contribution in [0.4, 0.5) is 10.1 Å². The van der Waals surface area contributed by atoms with Crippen LogP contribution in [0, 0.1) is 5.82 Å². The van der Waals surface area contributed by atoms with Crippen molar-refractivity contribution in [1.82, 2.24) is 0 Å². The number of benzene rings is 1. The van der Waals surface area contributed by atoms with Crippen LogP contribution in [0.25, 0.3) is 5.57 Å². The van der Waals surface area contributed by atoms with Crippen LogP contribution in [0.1, 0.15) is 18.9 Å². The van der Waals surface area contributed by atoms with Gasteiger partial charge in [-0.3, -0.25) is 4.99 Å². The van der Waals surface area contributed by atoms with Crippen molar-refractivity contribution >= 4 is 32.9 Å². The van der Waals surface area contributed by atoms with Gasteiger partial charge in [-0.15, -0.1) is 0 Å². The van der Waals surface area contributed by atoms with E-state index in [1.165, 1.54) is 11.6 Å². The lowest BCUT2D eigenvalue weighted by Crippen LogP contribution is -2.01. The van der Waals surface area contributed by atoms with Crippen molar-refractivity contribution in [2.24, 2.45) is 4.99 Å². The lowest BCUT2D eigenvalue weighted by atomic mass is 9.94. The van der Waals surface area contributed by atoms with Gasteiger partial charge in [-0.1, -0.05) is 11.6 Å². The van der Waals surface area contributed by atoms with Crippen molar-refractivity contribution in [2.75, 3.05) is 0 Å². The molecule has 1 aromatic rings. The largest absolute Gasteiger partial charge is 0.252 e. The maximum absolute atomic E-state index is 13.5. The number of nitrogens with zero attached hydrogens (tertiary/aromatic N) is 1. The maximum Gasteiger partial charge on any atom is 0.138 e. The molecule has 0 saturated carbocycles. The Hall–Kier alpha value is -1.22. The van der Waals surface area contributed by atoms with Crippen LogP contribution >= 0.6 is 15.9 Å². The number of hydrogen-bond acceptors (Lipinski definition) is 1. The molecule has 0 amide bonds. The Balaban J connectivity index is 2.28. The SMILES string of the molecule is CC1=CCC2=Nc3ccc(F)c(Br)c3C2=C1. The molecule has 1 nitrogen and oxygen atoms in total. The van der Waals surface area contributed by atoms with Gasteiger partial charge in [0.1, 0.15) is 5.82 Å². The zero-order chi connectivity index (χ0) is 11.3. The van der Waals surface area contributed by atoms with Gasteiger partial charge in [-0.2, -0.15) is 0 Å². The highest BCUT2D eigenvalue weighted by atomic mass is 79.9. The Kier molecular flexibility index (Phi) is 2.11. The number of rotatable bonds is 0. The van der Waals surface area contributed by atoms with Crippen molar-refractivity contribution in [3.05, 3.63) is 45.7 Å². The fraction of sp³-hybridized carbons (Fsp3) is 0.154. The molecule has 1 heterocycles. The van der Waals surface area contributed by atoms with E-state index in [0.29, 0.717) is 4.47 Å². The first-order chi connectivity index (χ1) is 7.66. The average molecular weight is 278 g/mol. The lowest BCUT2D eigenvalue weighted by Gasteiger charge is -2.10. The van der Waals surface area contributed by atoms with Crippen LogP contribution < -0.4 is 0 Å². The Morgan fingerprint density at radius 2 is 2.19 bits per heavy atom. The molecule has 1 aliphatic carbocycles. The molecule has 3 heteroatoms. The summed E-state index contributed by atoms with van der Waals surface area (Å²) < 4.78 is 14.0. The molecular weight excluding hydrogens is 269 g/mol. The number of aliphatic imine (C=N–C) groups is 1. The van der Waals surface area contributed by atoms with E-state index in [1.54, 1.807) is 6.07 Å². The highest BCUT2D eigenvalue weighted by Gasteiger charge is 2.25. The van der Waals surface area contributed by atoms with Crippen molar-refractivity contribution in [3.8, 4) is 0 Å². The first kappa shape index (κ1) is 9.97. The van der Waals surface area contributed by atoms with Gasteiger partial charge in [-0.25, -0.2) is 4.39 Å². The van der Waals surface area contributed by atoms with Gasteiger partial charge in [0.2, 0.25) is 0 Å². The second kappa shape index (κ2) is 3.39. The van der Waals surface area contributed by atoms with E-state index in [1.807, 2.05) is 0 Å². The Morgan fingerprint density at radius 1 is 1.38 bits per heavy atom. The summed E-state index contributed by atoms with van der Waals surface area (Å²) in [6, 6.07) is 3.18. The predicted molar refractivity (Wildman–Crippen MR) is 67.5 cm³/mol. The highest BCUT2D eigenvalue weighted by Crippen LogP contribution is 2.43. The molecule has 0 spiro atoms. The average Bonchev–Trinajstić information content (AvgIpc) is 2.62. The standard InChI is InChI=1S/C13H9BrFN/c1-7-2-4-10-8(6-7)12-11(16-10)5-3-9(15)13(12)14/h2-3,5-6H,4H2,1H3. The van der Waals surface area contributed by atoms with Crippen LogP contribution in [0.15, 0.2) is 39.3 Å². The molecule has 3 rings (SSSR count). The fourth-order valence-electron chi connectivity index (χ4n) is 2.10. The molecule has 0 unspecified atom stereocenters. The Morgan fingerprint density at radius 3 is 3.00 bits per heavy atom. The summed E-state index contributed by atoms with van der Waals surface area (Å²) in [5, 5.41) is 0. The minimum Gasteiger partial charge on any atom is -0.252 e. The molecule has 0 aromatic heterocycles. The summed E-state index contributed by atoms with van der Waals surface area (Å²) >= 11 is 3.30. The summed E-state index contributed by atoms with van der Waals surface area (Å²) in [5.74, 6) is -0.233. The second-order valence-corrected chi connectivity index (χ2v) is 4.82. The molecule has 1 aliphatic heterocycles. The zero-order valence-corrected chi connectivity index (χ0v) is 10.3. The van der Waals surface area contributed by atoms with Crippen molar-refractivity contribution < 1.29 is 4.39 Å². The quantitative estimate of drug-likeness (QED) is 0.666. The lowest BCUT2D eigenvalue weighted by molar-refractivity contribution is 0.621. The van der Waals surface area contributed by atoms with Crippen LogP contribution in [-0.4, -0.2) is 5.71 Å². The number of allylic oxidation sites excluding steroid dienone is 4. The molecule has 0 bridgehead atoms. The molecule has 80 valence electrons. The van der Waals surface area contributed by atoms with Gasteiger partial charge in [0, 0.05) is 17.6 Å². The first-order valence-corrected chi connectivity index (χ1v) is 5.91. The molecule has 1 aromatic carbocycles. The summed E-state index contributed by atoms with van der Waals surface area (Å²) in [6.45, 7) is 2.05. The predicted octanol–water partition coefficient (Wildman–Crippen LogP) is 4.41. The highest BCUT2D eigenvalue weighted by molar-refractivity contribution is 9.10.